The molecule has 1 aliphatic carbocycles. The molecule has 21 heavy (non-hydrogen) atoms. The average molecular weight is 307 g/mol. The van der Waals surface area contributed by atoms with Gasteiger partial charge in [-0.05, 0) is 37.1 Å². The SMILES string of the molecule is O=C(CCCSc1ccccc1)NC1CCCCCC1O. The van der Waals surface area contributed by atoms with Gasteiger partial charge in [-0.15, -0.1) is 11.8 Å². The monoisotopic (exact) mass is 307 g/mol. The van der Waals surface area contributed by atoms with E-state index in [4.69, 9.17) is 0 Å². The molecule has 2 unspecified atom stereocenters. The van der Waals surface area contributed by atoms with E-state index < -0.39 is 0 Å². The molecule has 1 aromatic rings. The van der Waals surface area contributed by atoms with Crippen LogP contribution in [0.3, 0.4) is 0 Å². The van der Waals surface area contributed by atoms with E-state index in [9.17, 15) is 9.90 Å². The third kappa shape index (κ3) is 6.10. The third-order valence-electron chi connectivity index (χ3n) is 3.89. The van der Waals surface area contributed by atoms with Crippen molar-refractivity contribution in [3.8, 4) is 0 Å². The van der Waals surface area contributed by atoms with E-state index in [0.717, 1.165) is 44.3 Å². The smallest absolute Gasteiger partial charge is 0.220 e. The van der Waals surface area contributed by atoms with Crippen LogP contribution in [0.1, 0.15) is 44.9 Å². The lowest BCUT2D eigenvalue weighted by Crippen LogP contribution is -2.42. The van der Waals surface area contributed by atoms with Crippen LogP contribution in [0.25, 0.3) is 0 Å². The van der Waals surface area contributed by atoms with Gasteiger partial charge in [-0.2, -0.15) is 0 Å². The molecule has 2 rings (SSSR count). The maximum atomic E-state index is 11.9. The number of amides is 1. The van der Waals surface area contributed by atoms with Gasteiger partial charge in [-0.1, -0.05) is 37.5 Å². The number of carbonyl (C=O) groups excluding carboxylic acids is 1. The first-order valence-electron chi connectivity index (χ1n) is 7.91. The van der Waals surface area contributed by atoms with Crippen LogP contribution in [-0.4, -0.2) is 28.9 Å². The van der Waals surface area contributed by atoms with Gasteiger partial charge in [-0.3, -0.25) is 4.79 Å². The summed E-state index contributed by atoms with van der Waals surface area (Å²) in [5.74, 6) is 1.03. The summed E-state index contributed by atoms with van der Waals surface area (Å²) in [6, 6.07) is 10.2. The number of nitrogens with one attached hydrogen (secondary N) is 1. The fraction of sp³-hybridized carbons (Fsp3) is 0.588. The van der Waals surface area contributed by atoms with Crippen LogP contribution >= 0.6 is 11.8 Å². The second-order valence-electron chi connectivity index (χ2n) is 5.64. The number of aliphatic hydroxyl groups is 1. The number of carbonyl (C=O) groups is 1. The molecule has 0 spiro atoms. The van der Waals surface area contributed by atoms with Gasteiger partial charge in [0.2, 0.25) is 5.91 Å². The molecule has 1 fully saturated rings. The first-order chi connectivity index (χ1) is 10.3. The van der Waals surface area contributed by atoms with Crippen LogP contribution in [0.2, 0.25) is 0 Å². The maximum Gasteiger partial charge on any atom is 0.220 e. The predicted octanol–water partition coefficient (Wildman–Crippen LogP) is 3.37. The Balaban J connectivity index is 1.63. The molecule has 0 aliphatic heterocycles. The molecule has 0 bridgehead atoms. The lowest BCUT2D eigenvalue weighted by molar-refractivity contribution is -0.122. The van der Waals surface area contributed by atoms with Crippen molar-refractivity contribution in [3.63, 3.8) is 0 Å². The second kappa shape index (κ2) is 9.11. The summed E-state index contributed by atoms with van der Waals surface area (Å²) in [5, 5.41) is 13.0. The van der Waals surface area contributed by atoms with Crippen LogP contribution in [0.5, 0.6) is 0 Å². The first kappa shape index (κ1) is 16.4. The lowest BCUT2D eigenvalue weighted by Gasteiger charge is -2.21. The van der Waals surface area contributed by atoms with Gasteiger partial charge in [0.15, 0.2) is 0 Å². The van der Waals surface area contributed by atoms with Crippen LogP contribution in [-0.2, 0) is 4.79 Å². The van der Waals surface area contributed by atoms with Crippen LogP contribution in [0, 0.1) is 0 Å². The van der Waals surface area contributed by atoms with E-state index in [-0.39, 0.29) is 18.1 Å². The van der Waals surface area contributed by atoms with Gasteiger partial charge >= 0.3 is 0 Å². The molecule has 4 heteroatoms. The standard InChI is InChI=1S/C17H25NO2S/c19-16-11-6-2-5-10-15(16)18-17(20)12-7-13-21-14-8-3-1-4-9-14/h1,3-4,8-9,15-16,19H,2,5-7,10-13H2,(H,18,20). The number of rotatable bonds is 6. The van der Waals surface area contributed by atoms with E-state index in [1.54, 1.807) is 11.8 Å². The molecule has 0 saturated heterocycles. The Hall–Kier alpha value is -1.00. The Morgan fingerprint density at radius 1 is 1.19 bits per heavy atom. The summed E-state index contributed by atoms with van der Waals surface area (Å²) in [6.45, 7) is 0. The molecule has 1 aromatic carbocycles. The Labute approximate surface area is 131 Å². The van der Waals surface area contributed by atoms with Crippen molar-refractivity contribution in [3.05, 3.63) is 30.3 Å². The van der Waals surface area contributed by atoms with Crippen molar-refractivity contribution in [2.45, 2.75) is 62.0 Å². The van der Waals surface area contributed by atoms with Crippen molar-refractivity contribution in [1.29, 1.82) is 0 Å². The van der Waals surface area contributed by atoms with E-state index in [1.807, 2.05) is 18.2 Å². The fourth-order valence-electron chi connectivity index (χ4n) is 2.67. The molecule has 2 atom stereocenters. The highest BCUT2D eigenvalue weighted by Gasteiger charge is 2.22. The van der Waals surface area contributed by atoms with Gasteiger partial charge in [-0.25, -0.2) is 0 Å². The quantitative estimate of drug-likeness (QED) is 0.481. The Kier molecular flexibility index (Phi) is 7.10. The van der Waals surface area contributed by atoms with Crippen LogP contribution in [0.15, 0.2) is 35.2 Å². The third-order valence-corrected chi connectivity index (χ3v) is 4.98. The molecule has 116 valence electrons. The van der Waals surface area contributed by atoms with Gasteiger partial charge in [0.1, 0.15) is 0 Å². The molecule has 1 aliphatic rings. The zero-order chi connectivity index (χ0) is 14.9. The van der Waals surface area contributed by atoms with E-state index in [1.165, 1.54) is 4.90 Å². The minimum Gasteiger partial charge on any atom is -0.391 e. The molecule has 3 nitrogen and oxygen atoms in total. The minimum atomic E-state index is -0.366. The van der Waals surface area contributed by atoms with E-state index in [2.05, 4.69) is 17.4 Å². The Morgan fingerprint density at radius 2 is 1.95 bits per heavy atom. The van der Waals surface area contributed by atoms with Gasteiger partial charge in [0, 0.05) is 11.3 Å². The van der Waals surface area contributed by atoms with Gasteiger partial charge in [0.25, 0.3) is 0 Å². The molecule has 1 saturated carbocycles. The Morgan fingerprint density at radius 3 is 2.76 bits per heavy atom. The highest BCUT2D eigenvalue weighted by molar-refractivity contribution is 7.99. The summed E-state index contributed by atoms with van der Waals surface area (Å²) < 4.78 is 0. The average Bonchev–Trinajstić information content (AvgIpc) is 2.70. The summed E-state index contributed by atoms with van der Waals surface area (Å²) >= 11 is 1.78. The summed E-state index contributed by atoms with van der Waals surface area (Å²) in [5.41, 5.74) is 0. The molecular formula is C17H25NO2S. The summed E-state index contributed by atoms with van der Waals surface area (Å²) in [4.78, 5) is 13.2. The molecular weight excluding hydrogens is 282 g/mol. The zero-order valence-corrected chi connectivity index (χ0v) is 13.3. The van der Waals surface area contributed by atoms with Crippen molar-refractivity contribution < 1.29 is 9.90 Å². The van der Waals surface area contributed by atoms with Crippen molar-refractivity contribution in [1.82, 2.24) is 5.32 Å². The molecule has 1 amide bonds. The molecule has 0 aromatic heterocycles. The van der Waals surface area contributed by atoms with Crippen LogP contribution in [0.4, 0.5) is 0 Å². The highest BCUT2D eigenvalue weighted by Crippen LogP contribution is 2.20. The summed E-state index contributed by atoms with van der Waals surface area (Å²) in [6.07, 6.45) is 6.11. The largest absolute Gasteiger partial charge is 0.391 e. The minimum absolute atomic E-state index is 0.0400. The topological polar surface area (TPSA) is 49.3 Å². The molecule has 2 N–H and O–H groups in total. The molecule has 0 radical (unpaired) electrons. The van der Waals surface area contributed by atoms with Gasteiger partial charge in [0.05, 0.1) is 12.1 Å². The predicted molar refractivity (Wildman–Crippen MR) is 87.4 cm³/mol. The normalized spacial score (nSPS) is 22.5. The van der Waals surface area contributed by atoms with E-state index >= 15 is 0 Å². The first-order valence-corrected chi connectivity index (χ1v) is 8.89. The van der Waals surface area contributed by atoms with Crippen molar-refractivity contribution in [2.24, 2.45) is 0 Å². The lowest BCUT2D eigenvalue weighted by atomic mass is 10.1. The van der Waals surface area contributed by atoms with E-state index in [0.29, 0.717) is 6.42 Å². The van der Waals surface area contributed by atoms with Crippen molar-refractivity contribution in [2.75, 3.05) is 5.75 Å². The second-order valence-corrected chi connectivity index (χ2v) is 6.81. The number of aliphatic hydroxyl groups excluding tert-OH is 1. The fourth-order valence-corrected chi connectivity index (χ4v) is 3.55. The number of hydrogen-bond donors (Lipinski definition) is 2. The number of benzene rings is 1. The highest BCUT2D eigenvalue weighted by atomic mass is 32.2. The van der Waals surface area contributed by atoms with Gasteiger partial charge < -0.3 is 10.4 Å². The summed E-state index contributed by atoms with van der Waals surface area (Å²) in [7, 11) is 0. The number of thioether (sulfide) groups is 1. The Bertz CT molecular complexity index is 424. The van der Waals surface area contributed by atoms with Crippen LogP contribution < -0.4 is 5.32 Å². The zero-order valence-electron chi connectivity index (χ0n) is 12.5. The molecule has 0 heterocycles. The van der Waals surface area contributed by atoms with Crippen molar-refractivity contribution >= 4 is 17.7 Å². The maximum absolute atomic E-state index is 11.9. The number of hydrogen-bond acceptors (Lipinski definition) is 3.